The van der Waals surface area contributed by atoms with Gasteiger partial charge in [0.2, 0.25) is 0 Å². The Bertz CT molecular complexity index is 688. The summed E-state index contributed by atoms with van der Waals surface area (Å²) in [6, 6.07) is 3.84. The van der Waals surface area contributed by atoms with Gasteiger partial charge < -0.3 is 24.1 Å². The van der Waals surface area contributed by atoms with Crippen LogP contribution in [0.15, 0.2) is 16.6 Å². The number of ether oxygens (including phenoxy) is 2. The third kappa shape index (κ3) is 4.12. The highest BCUT2D eigenvalue weighted by Gasteiger charge is 2.46. The Hall–Kier alpha value is -1.25. The molecule has 1 amide bonds. The molecule has 1 aromatic carbocycles. The molecule has 0 saturated heterocycles. The van der Waals surface area contributed by atoms with Crippen LogP contribution in [-0.4, -0.2) is 37.6 Å². The summed E-state index contributed by atoms with van der Waals surface area (Å²) >= 11 is 3.58. The molecular formula is C17H23BBrNO5. The van der Waals surface area contributed by atoms with Crippen molar-refractivity contribution in [2.45, 2.75) is 51.9 Å². The highest BCUT2D eigenvalue weighted by atomic mass is 79.9. The van der Waals surface area contributed by atoms with E-state index in [1.807, 2.05) is 46.8 Å². The molecule has 2 heterocycles. The van der Waals surface area contributed by atoms with Crippen LogP contribution in [0.3, 0.4) is 0 Å². The molecule has 2 aliphatic heterocycles. The summed E-state index contributed by atoms with van der Waals surface area (Å²) in [6.07, 6.45) is -0.822. The van der Waals surface area contributed by atoms with Crippen LogP contribution < -0.4 is 15.5 Å². The van der Waals surface area contributed by atoms with E-state index in [2.05, 4.69) is 21.2 Å². The van der Waals surface area contributed by atoms with Gasteiger partial charge in [-0.25, -0.2) is 4.79 Å². The Labute approximate surface area is 156 Å². The van der Waals surface area contributed by atoms with Gasteiger partial charge in [-0.05, 0) is 52.3 Å². The van der Waals surface area contributed by atoms with Gasteiger partial charge in [0.15, 0.2) is 0 Å². The van der Waals surface area contributed by atoms with Crippen LogP contribution >= 0.6 is 15.9 Å². The molecule has 0 spiro atoms. The lowest BCUT2D eigenvalue weighted by atomic mass is 9.77. The fourth-order valence-electron chi connectivity index (χ4n) is 2.87. The summed E-state index contributed by atoms with van der Waals surface area (Å²) in [5.74, 6) is 0.758. The first kappa shape index (κ1) is 18.5. The molecular weight excluding hydrogens is 389 g/mol. The van der Waals surface area contributed by atoms with Crippen molar-refractivity contribution in [3.8, 4) is 5.75 Å². The van der Waals surface area contributed by atoms with Crippen LogP contribution in [0.4, 0.5) is 4.79 Å². The minimum atomic E-state index is -0.545. The Kier molecular flexibility index (Phi) is 4.81. The minimum absolute atomic E-state index is 0.282. The molecule has 2 aliphatic rings. The zero-order valence-corrected chi connectivity index (χ0v) is 16.7. The number of hydrogen-bond donors (Lipinski definition) is 1. The Morgan fingerprint density at radius 2 is 2.16 bits per heavy atom. The first-order chi connectivity index (χ1) is 11.6. The summed E-state index contributed by atoms with van der Waals surface area (Å²) in [4.78, 5) is 11.9. The maximum absolute atomic E-state index is 11.9. The van der Waals surface area contributed by atoms with Crippen molar-refractivity contribution < 1.29 is 23.6 Å². The summed E-state index contributed by atoms with van der Waals surface area (Å²) in [7, 11) is -0.523. The van der Waals surface area contributed by atoms with E-state index in [0.717, 1.165) is 21.2 Å². The monoisotopic (exact) mass is 411 g/mol. The molecule has 0 radical (unpaired) electrons. The second-order valence-corrected chi connectivity index (χ2v) is 8.73. The lowest BCUT2D eigenvalue weighted by Gasteiger charge is -2.25. The van der Waals surface area contributed by atoms with Crippen LogP contribution in [0, 0.1) is 0 Å². The van der Waals surface area contributed by atoms with Crippen LogP contribution in [0.2, 0.25) is 0 Å². The summed E-state index contributed by atoms with van der Waals surface area (Å²) in [5.41, 5.74) is 0.810. The number of nitrogens with one attached hydrogen (secondary N) is 1. The van der Waals surface area contributed by atoms with Crippen molar-refractivity contribution in [3.05, 3.63) is 22.2 Å². The molecule has 0 aromatic heterocycles. The molecule has 0 fully saturated rings. The van der Waals surface area contributed by atoms with E-state index in [-0.39, 0.29) is 12.6 Å². The number of rotatable bonds is 2. The van der Waals surface area contributed by atoms with Crippen molar-refractivity contribution >= 4 is 34.6 Å². The topological polar surface area (TPSA) is 66.0 Å². The van der Waals surface area contributed by atoms with E-state index in [9.17, 15) is 4.79 Å². The molecule has 0 unspecified atom stereocenters. The molecule has 0 bridgehead atoms. The largest absolute Gasteiger partial charge is 0.499 e. The first-order valence-electron chi connectivity index (χ1n) is 8.31. The van der Waals surface area contributed by atoms with Crippen molar-refractivity contribution in [3.63, 3.8) is 0 Å². The molecule has 3 rings (SSSR count). The van der Waals surface area contributed by atoms with Crippen molar-refractivity contribution in [2.24, 2.45) is 0 Å². The SMILES string of the molecule is CC(C)(C)OC(=O)NC[C@H]1OB2OC(C)(C)COc3ccc(Br)c1c32. The fourth-order valence-corrected chi connectivity index (χ4v) is 3.47. The van der Waals surface area contributed by atoms with Crippen molar-refractivity contribution in [1.82, 2.24) is 5.32 Å². The van der Waals surface area contributed by atoms with Crippen LogP contribution in [-0.2, 0) is 14.0 Å². The molecule has 1 atom stereocenters. The van der Waals surface area contributed by atoms with Gasteiger partial charge in [0.25, 0.3) is 0 Å². The maximum Gasteiger partial charge on any atom is 0.499 e. The van der Waals surface area contributed by atoms with E-state index >= 15 is 0 Å². The van der Waals surface area contributed by atoms with Crippen molar-refractivity contribution in [2.75, 3.05) is 13.2 Å². The van der Waals surface area contributed by atoms with Crippen LogP contribution in [0.1, 0.15) is 46.3 Å². The molecule has 1 N–H and O–H groups in total. The Balaban J connectivity index is 1.80. The van der Waals surface area contributed by atoms with Gasteiger partial charge in [-0.3, -0.25) is 0 Å². The second-order valence-electron chi connectivity index (χ2n) is 7.88. The molecule has 136 valence electrons. The molecule has 1 aromatic rings. The molecule has 0 saturated carbocycles. The molecule has 8 heteroatoms. The quantitative estimate of drug-likeness (QED) is 0.758. The van der Waals surface area contributed by atoms with Gasteiger partial charge in [-0.2, -0.15) is 0 Å². The lowest BCUT2D eigenvalue weighted by molar-refractivity contribution is 0.0249. The number of halogens is 1. The number of benzene rings is 1. The van der Waals surface area contributed by atoms with Gasteiger partial charge >= 0.3 is 13.2 Å². The minimum Gasteiger partial charge on any atom is -0.491 e. The van der Waals surface area contributed by atoms with E-state index in [1.54, 1.807) is 0 Å². The third-order valence-corrected chi connectivity index (χ3v) is 4.56. The molecule has 6 nitrogen and oxygen atoms in total. The van der Waals surface area contributed by atoms with Gasteiger partial charge in [-0.15, -0.1) is 0 Å². The highest BCUT2D eigenvalue weighted by Crippen LogP contribution is 2.37. The number of carbonyl (C=O) groups excluding carboxylic acids is 1. The standard InChI is InChI=1S/C17H23BBrNO5/c1-16(2,3)23-15(21)20-8-12-13-10(19)6-7-11-14(13)18(24-12)25-17(4,5)9-22-11/h6-7,12H,8-9H2,1-5H3,(H,20,21)/t12-/m1/s1. The van der Waals surface area contributed by atoms with Crippen LogP contribution in [0.5, 0.6) is 5.75 Å². The van der Waals surface area contributed by atoms with E-state index in [1.165, 1.54) is 0 Å². The van der Waals surface area contributed by atoms with Gasteiger partial charge in [0, 0.05) is 16.5 Å². The lowest BCUT2D eigenvalue weighted by Crippen LogP contribution is -2.41. The molecule has 0 aliphatic carbocycles. The first-order valence-corrected chi connectivity index (χ1v) is 9.10. The maximum atomic E-state index is 11.9. The number of amides is 1. The number of hydrogen-bond acceptors (Lipinski definition) is 5. The van der Waals surface area contributed by atoms with E-state index in [4.69, 9.17) is 18.8 Å². The second kappa shape index (κ2) is 6.48. The van der Waals surface area contributed by atoms with Gasteiger partial charge in [0.1, 0.15) is 18.0 Å². The Morgan fingerprint density at radius 3 is 2.84 bits per heavy atom. The predicted molar refractivity (Wildman–Crippen MR) is 98.3 cm³/mol. The van der Waals surface area contributed by atoms with Crippen molar-refractivity contribution in [1.29, 1.82) is 0 Å². The Morgan fingerprint density at radius 1 is 1.44 bits per heavy atom. The molecule has 25 heavy (non-hydrogen) atoms. The summed E-state index contributed by atoms with van der Waals surface area (Å²) in [5, 5.41) is 2.77. The normalized spacial score (nSPS) is 21.2. The van der Waals surface area contributed by atoms with Crippen LogP contribution in [0.25, 0.3) is 0 Å². The third-order valence-electron chi connectivity index (χ3n) is 3.87. The zero-order chi connectivity index (χ0) is 18.4. The summed E-state index contributed by atoms with van der Waals surface area (Å²) < 4.78 is 24.3. The van der Waals surface area contributed by atoms with Gasteiger partial charge in [0.05, 0.1) is 11.7 Å². The van der Waals surface area contributed by atoms with Gasteiger partial charge in [-0.1, -0.05) is 15.9 Å². The van der Waals surface area contributed by atoms with E-state index in [0.29, 0.717) is 6.61 Å². The highest BCUT2D eigenvalue weighted by molar-refractivity contribution is 9.10. The fraction of sp³-hybridized carbons (Fsp3) is 0.588. The predicted octanol–water partition coefficient (Wildman–Crippen LogP) is 2.93. The average molecular weight is 412 g/mol. The number of alkyl carbamates (subject to hydrolysis) is 1. The smallest absolute Gasteiger partial charge is 0.491 e. The summed E-state index contributed by atoms with van der Waals surface area (Å²) in [6.45, 7) is 10.1. The average Bonchev–Trinajstić information content (AvgIpc) is 2.75. The number of carbonyl (C=O) groups is 1. The van der Waals surface area contributed by atoms with E-state index < -0.39 is 24.4 Å². The zero-order valence-electron chi connectivity index (χ0n) is 15.1.